The van der Waals surface area contributed by atoms with Gasteiger partial charge in [0, 0.05) is 18.0 Å². The Bertz CT molecular complexity index is 990. The lowest BCUT2D eigenvalue weighted by Crippen LogP contribution is -2.34. The van der Waals surface area contributed by atoms with Gasteiger partial charge in [0.25, 0.3) is 0 Å². The molecule has 166 valence electrons. The van der Waals surface area contributed by atoms with Crippen LogP contribution in [-0.2, 0) is 22.8 Å². The average Bonchev–Trinajstić information content (AvgIpc) is 3.15. The van der Waals surface area contributed by atoms with Gasteiger partial charge in [-0.25, -0.2) is 4.99 Å². The number of rotatable bonds is 8. The number of methoxy groups -OCH3 is 2. The number of ether oxygens (including phenoxy) is 2. The molecule has 1 atom stereocenters. The minimum absolute atomic E-state index is 0.109. The highest BCUT2D eigenvalue weighted by atomic mass is 17.3. The zero-order chi connectivity index (χ0) is 24.1. The zero-order valence-corrected chi connectivity index (χ0v) is 18.2. The molecule has 0 spiro atoms. The molecule has 1 aliphatic heterocycles. The van der Waals surface area contributed by atoms with Crippen molar-refractivity contribution in [2.45, 2.75) is 32.2 Å². The number of fused-ring (bicyclic) bond motifs is 1. The number of hydrogen-bond donors (Lipinski definition) is 0. The third-order valence-electron chi connectivity index (χ3n) is 6.49. The molecule has 0 N–H and O–H groups in total. The topological polar surface area (TPSA) is 52.5 Å². The minimum atomic E-state index is -2.68. The predicted molar refractivity (Wildman–Crippen MR) is 120 cm³/mol. The molecular weight excluding hydrogens is 392 g/mol. The highest BCUT2D eigenvalue weighted by Gasteiger charge is 2.34. The Labute approximate surface area is 188 Å². The lowest BCUT2D eigenvalue weighted by Gasteiger charge is -2.33. The molecule has 2 aromatic carbocycles. The first-order valence-corrected chi connectivity index (χ1v) is 10.8. The van der Waals surface area contributed by atoms with Gasteiger partial charge in [0.15, 0.2) is 11.5 Å². The molecule has 0 aromatic heterocycles. The summed E-state index contributed by atoms with van der Waals surface area (Å²) < 4.78 is 32.5. The van der Waals surface area contributed by atoms with Crippen molar-refractivity contribution >= 4 is 5.71 Å². The first-order valence-electron chi connectivity index (χ1n) is 12.3. The minimum Gasteiger partial charge on any atom is -0.493 e. The standard InChI is InChI=1S/C25H32N2O4/c1-28-23-15-20-14-21(25(26-31-30-3)22(20)16-24(23)29-2)13-18-9-11-27(12-10-18)17-19-7-5-4-6-8-19/h4-8,15-16,18,21H,9-14,17H2,1-3H3/i3D3. The van der Waals surface area contributed by atoms with Gasteiger partial charge in [0.1, 0.15) is 0 Å². The SMILES string of the molecule is [2H]C([2H])([2H])OON=C1c2cc(OC)c(OC)cc2CC1CC1CCN(Cc2ccccc2)CC1. The first-order chi connectivity index (χ1) is 16.4. The van der Waals surface area contributed by atoms with Crippen LogP contribution in [0.5, 0.6) is 11.5 Å². The van der Waals surface area contributed by atoms with Crippen LogP contribution in [0, 0.1) is 11.8 Å². The molecule has 4 rings (SSSR count). The molecule has 1 heterocycles. The van der Waals surface area contributed by atoms with E-state index in [-0.39, 0.29) is 5.92 Å². The van der Waals surface area contributed by atoms with Crippen molar-refractivity contribution in [2.24, 2.45) is 17.0 Å². The van der Waals surface area contributed by atoms with Crippen LogP contribution in [0.25, 0.3) is 0 Å². The third kappa shape index (κ3) is 5.02. The summed E-state index contributed by atoms with van der Waals surface area (Å²) in [6.45, 7) is 3.10. The normalized spacial score (nSPS) is 22.5. The second kappa shape index (κ2) is 10.2. The van der Waals surface area contributed by atoms with E-state index in [1.807, 2.05) is 18.2 Å². The number of benzene rings is 2. The van der Waals surface area contributed by atoms with Gasteiger partial charge in [-0.1, -0.05) is 30.3 Å². The van der Waals surface area contributed by atoms with Gasteiger partial charge >= 0.3 is 0 Å². The van der Waals surface area contributed by atoms with Crippen molar-refractivity contribution < 1.29 is 23.5 Å². The highest BCUT2D eigenvalue weighted by molar-refractivity contribution is 6.06. The van der Waals surface area contributed by atoms with Crippen LogP contribution in [-0.4, -0.2) is 45.0 Å². The molecule has 1 fully saturated rings. The summed E-state index contributed by atoms with van der Waals surface area (Å²) in [5.41, 5.74) is 4.02. The maximum atomic E-state index is 7.20. The highest BCUT2D eigenvalue weighted by Crippen LogP contribution is 2.40. The molecule has 2 aliphatic rings. The summed E-state index contributed by atoms with van der Waals surface area (Å²) >= 11 is 0. The van der Waals surface area contributed by atoms with Crippen LogP contribution in [0.2, 0.25) is 0 Å². The van der Waals surface area contributed by atoms with Crippen LogP contribution in [0.1, 0.15) is 40.1 Å². The van der Waals surface area contributed by atoms with Crippen molar-refractivity contribution in [3.63, 3.8) is 0 Å². The lowest BCUT2D eigenvalue weighted by molar-refractivity contribution is -0.273. The number of oxime groups is 1. The summed E-state index contributed by atoms with van der Waals surface area (Å²) in [7, 11) is 0.525. The van der Waals surface area contributed by atoms with Gasteiger partial charge in [0.2, 0.25) is 0 Å². The summed E-state index contributed by atoms with van der Waals surface area (Å²) in [6.07, 6.45) is 3.97. The van der Waals surface area contributed by atoms with E-state index in [2.05, 4.69) is 39.2 Å². The first kappa shape index (κ1) is 18.0. The van der Waals surface area contributed by atoms with Gasteiger partial charge in [-0.05, 0) is 73.1 Å². The van der Waals surface area contributed by atoms with Crippen molar-refractivity contribution in [1.82, 2.24) is 4.90 Å². The molecule has 31 heavy (non-hydrogen) atoms. The fraction of sp³-hybridized carbons (Fsp3) is 0.480. The largest absolute Gasteiger partial charge is 0.493 e. The molecule has 6 heteroatoms. The molecule has 0 radical (unpaired) electrons. The molecule has 6 nitrogen and oxygen atoms in total. The summed E-state index contributed by atoms with van der Waals surface area (Å²) in [4.78, 5) is 11.8. The van der Waals surface area contributed by atoms with Crippen molar-refractivity contribution in [3.05, 3.63) is 59.2 Å². The van der Waals surface area contributed by atoms with E-state index in [4.69, 9.17) is 18.6 Å². The predicted octanol–water partition coefficient (Wildman–Crippen LogP) is 4.46. The number of piperidine rings is 1. The summed E-state index contributed by atoms with van der Waals surface area (Å²) in [5.74, 6) is 1.93. The Morgan fingerprint density at radius 3 is 2.52 bits per heavy atom. The molecular formula is C25H32N2O4. The van der Waals surface area contributed by atoms with Crippen molar-refractivity contribution in [3.8, 4) is 11.5 Å². The molecule has 2 aromatic rings. The Kier molecular flexibility index (Phi) is 5.91. The summed E-state index contributed by atoms with van der Waals surface area (Å²) in [6, 6.07) is 14.4. The maximum Gasteiger partial charge on any atom is 0.161 e. The maximum absolute atomic E-state index is 7.20. The van der Waals surface area contributed by atoms with Gasteiger partial charge in [0.05, 0.1) is 31.1 Å². The molecule has 1 saturated heterocycles. The van der Waals surface area contributed by atoms with Crippen LogP contribution in [0.15, 0.2) is 47.6 Å². The van der Waals surface area contributed by atoms with E-state index in [0.717, 1.165) is 56.4 Å². The Morgan fingerprint density at radius 1 is 1.06 bits per heavy atom. The van der Waals surface area contributed by atoms with E-state index in [9.17, 15) is 0 Å². The quantitative estimate of drug-likeness (QED) is 0.460. The molecule has 0 amide bonds. The number of hydrogen-bond acceptors (Lipinski definition) is 6. The smallest absolute Gasteiger partial charge is 0.161 e. The van der Waals surface area contributed by atoms with E-state index in [0.29, 0.717) is 23.1 Å². The Morgan fingerprint density at radius 2 is 1.81 bits per heavy atom. The number of nitrogens with zero attached hydrogens (tertiary/aromatic N) is 2. The third-order valence-corrected chi connectivity index (χ3v) is 6.49. The lowest BCUT2D eigenvalue weighted by atomic mass is 9.85. The zero-order valence-electron chi connectivity index (χ0n) is 21.2. The fourth-order valence-electron chi connectivity index (χ4n) is 4.91. The van der Waals surface area contributed by atoms with E-state index in [1.54, 1.807) is 14.2 Å². The van der Waals surface area contributed by atoms with Gasteiger partial charge < -0.3 is 9.47 Å². The van der Waals surface area contributed by atoms with Crippen molar-refractivity contribution in [1.29, 1.82) is 0 Å². The number of likely N-dealkylation sites (tertiary alicyclic amines) is 1. The monoisotopic (exact) mass is 427 g/mol. The fourth-order valence-corrected chi connectivity index (χ4v) is 4.91. The molecule has 0 saturated carbocycles. The van der Waals surface area contributed by atoms with E-state index < -0.39 is 7.04 Å². The second-order valence-electron chi connectivity index (χ2n) is 8.34. The summed E-state index contributed by atoms with van der Waals surface area (Å²) in [5, 5.41) is 4.13. The van der Waals surface area contributed by atoms with Crippen LogP contribution in [0.4, 0.5) is 0 Å². The average molecular weight is 428 g/mol. The van der Waals surface area contributed by atoms with E-state index in [1.165, 1.54) is 5.56 Å². The second-order valence-corrected chi connectivity index (χ2v) is 8.34. The van der Waals surface area contributed by atoms with E-state index >= 15 is 0 Å². The van der Waals surface area contributed by atoms with Gasteiger partial charge in [-0.15, -0.1) is 0 Å². The van der Waals surface area contributed by atoms with Gasteiger partial charge in [-0.3, -0.25) is 4.90 Å². The molecule has 1 aliphatic carbocycles. The van der Waals surface area contributed by atoms with Crippen LogP contribution >= 0.6 is 0 Å². The van der Waals surface area contributed by atoms with Gasteiger partial charge in [-0.2, -0.15) is 4.89 Å². The van der Waals surface area contributed by atoms with Crippen LogP contribution in [0.3, 0.4) is 0 Å². The molecule has 0 bridgehead atoms. The molecule has 1 unspecified atom stereocenters. The Hall–Kier alpha value is -2.57. The van der Waals surface area contributed by atoms with Crippen LogP contribution < -0.4 is 9.47 Å². The van der Waals surface area contributed by atoms with Crippen molar-refractivity contribution in [2.75, 3.05) is 34.3 Å². The Balaban J connectivity index is 1.44.